The predicted octanol–water partition coefficient (Wildman–Crippen LogP) is 2.00. The molecule has 1 aromatic rings. The molecule has 0 aliphatic carbocycles. The Labute approximate surface area is 105 Å². The number of hydrogen-bond acceptors (Lipinski definition) is 5. The Hall–Kier alpha value is -2.13. The highest BCUT2D eigenvalue weighted by Gasteiger charge is 2.15. The van der Waals surface area contributed by atoms with E-state index in [0.29, 0.717) is 12.6 Å². The van der Waals surface area contributed by atoms with Gasteiger partial charge in [0.25, 0.3) is 0 Å². The third-order valence-electron chi connectivity index (χ3n) is 2.23. The topological polar surface area (TPSA) is 88.2 Å². The van der Waals surface area contributed by atoms with E-state index in [2.05, 4.69) is 5.32 Å². The van der Waals surface area contributed by atoms with Crippen molar-refractivity contribution in [3.05, 3.63) is 33.9 Å². The Bertz CT molecular complexity index is 466. The molecule has 0 aliphatic heterocycles. The molecule has 1 N–H and O–H groups in total. The molecule has 0 unspecified atom stereocenters. The van der Waals surface area contributed by atoms with E-state index < -0.39 is 4.92 Å². The van der Waals surface area contributed by atoms with Gasteiger partial charge >= 0.3 is 5.69 Å². The number of ether oxygens (including phenoxy) is 1. The van der Waals surface area contributed by atoms with Crippen molar-refractivity contribution in [2.45, 2.75) is 26.4 Å². The van der Waals surface area contributed by atoms with Crippen LogP contribution in [-0.4, -0.2) is 17.6 Å². The molecule has 0 saturated heterocycles. The van der Waals surface area contributed by atoms with Gasteiger partial charge < -0.3 is 10.1 Å². The van der Waals surface area contributed by atoms with Crippen LogP contribution in [0.1, 0.15) is 19.4 Å². The molecular formula is C12H15N3O3. The van der Waals surface area contributed by atoms with Crippen LogP contribution in [0.3, 0.4) is 0 Å². The molecule has 6 nitrogen and oxygen atoms in total. The van der Waals surface area contributed by atoms with Gasteiger partial charge in [-0.1, -0.05) is 19.9 Å². The maximum Gasteiger partial charge on any atom is 0.310 e. The lowest BCUT2D eigenvalue weighted by Crippen LogP contribution is -2.21. The summed E-state index contributed by atoms with van der Waals surface area (Å²) >= 11 is 0. The Morgan fingerprint density at radius 3 is 2.83 bits per heavy atom. The monoisotopic (exact) mass is 249 g/mol. The molecule has 96 valence electrons. The van der Waals surface area contributed by atoms with Gasteiger partial charge in [0.05, 0.1) is 4.92 Å². The van der Waals surface area contributed by atoms with Crippen molar-refractivity contribution in [1.29, 1.82) is 5.26 Å². The Morgan fingerprint density at radius 1 is 1.56 bits per heavy atom. The van der Waals surface area contributed by atoms with Gasteiger partial charge in [-0.3, -0.25) is 10.1 Å². The van der Waals surface area contributed by atoms with Crippen LogP contribution >= 0.6 is 0 Å². The van der Waals surface area contributed by atoms with Crippen molar-refractivity contribution in [3.8, 4) is 11.8 Å². The van der Waals surface area contributed by atoms with Crippen LogP contribution in [0.25, 0.3) is 0 Å². The number of hydrogen-bond donors (Lipinski definition) is 1. The third kappa shape index (κ3) is 4.03. The van der Waals surface area contributed by atoms with Gasteiger partial charge in [0.1, 0.15) is 6.07 Å². The maximum absolute atomic E-state index is 10.8. The van der Waals surface area contributed by atoms with Gasteiger partial charge in [0.15, 0.2) is 12.4 Å². The van der Waals surface area contributed by atoms with E-state index in [4.69, 9.17) is 10.00 Å². The molecule has 0 saturated carbocycles. The largest absolute Gasteiger partial charge is 0.472 e. The summed E-state index contributed by atoms with van der Waals surface area (Å²) in [5, 5.41) is 22.4. The van der Waals surface area contributed by atoms with E-state index in [1.165, 1.54) is 6.07 Å². The highest BCUT2D eigenvalue weighted by atomic mass is 16.6. The molecule has 0 heterocycles. The summed E-state index contributed by atoms with van der Waals surface area (Å²) in [5.41, 5.74) is 0.751. The fraction of sp³-hybridized carbons (Fsp3) is 0.417. The SMILES string of the molecule is CC(C)NCc1ccc([N+](=O)[O-])c(OCC#N)c1. The molecule has 6 heteroatoms. The summed E-state index contributed by atoms with van der Waals surface area (Å²) < 4.78 is 5.06. The molecule has 0 amide bonds. The lowest BCUT2D eigenvalue weighted by atomic mass is 10.2. The smallest absolute Gasteiger partial charge is 0.310 e. The molecule has 0 atom stereocenters. The van der Waals surface area contributed by atoms with Gasteiger partial charge in [-0.25, -0.2) is 0 Å². The second-order valence-electron chi connectivity index (χ2n) is 4.04. The van der Waals surface area contributed by atoms with Gasteiger partial charge in [-0.2, -0.15) is 5.26 Å². The number of benzene rings is 1. The number of nitro benzene ring substituents is 1. The molecule has 0 bridgehead atoms. The van der Waals surface area contributed by atoms with Crippen LogP contribution in [0.4, 0.5) is 5.69 Å². The van der Waals surface area contributed by atoms with Crippen LogP contribution in [-0.2, 0) is 6.54 Å². The van der Waals surface area contributed by atoms with E-state index in [1.54, 1.807) is 18.2 Å². The van der Waals surface area contributed by atoms with Crippen molar-refractivity contribution < 1.29 is 9.66 Å². The first kappa shape index (κ1) is 13.9. The van der Waals surface area contributed by atoms with Crippen molar-refractivity contribution >= 4 is 5.69 Å². The first-order valence-corrected chi connectivity index (χ1v) is 5.55. The van der Waals surface area contributed by atoms with E-state index >= 15 is 0 Å². The molecule has 0 radical (unpaired) electrons. The van der Waals surface area contributed by atoms with Crippen molar-refractivity contribution in [1.82, 2.24) is 5.32 Å². The number of nitriles is 1. The van der Waals surface area contributed by atoms with Crippen LogP contribution in [0.15, 0.2) is 18.2 Å². The third-order valence-corrected chi connectivity index (χ3v) is 2.23. The van der Waals surface area contributed by atoms with Gasteiger partial charge in [0.2, 0.25) is 0 Å². The van der Waals surface area contributed by atoms with Gasteiger partial charge in [0, 0.05) is 18.7 Å². The molecule has 1 aromatic carbocycles. The van der Waals surface area contributed by atoms with Crippen molar-refractivity contribution in [3.63, 3.8) is 0 Å². The normalized spacial score (nSPS) is 10.1. The molecule has 0 fully saturated rings. The summed E-state index contributed by atoms with van der Waals surface area (Å²) in [4.78, 5) is 10.3. The minimum Gasteiger partial charge on any atom is -0.472 e. The Kier molecular flexibility index (Phi) is 5.08. The second-order valence-corrected chi connectivity index (χ2v) is 4.04. The fourth-order valence-electron chi connectivity index (χ4n) is 1.37. The number of rotatable bonds is 6. The zero-order valence-corrected chi connectivity index (χ0v) is 10.3. The summed E-state index contributed by atoms with van der Waals surface area (Å²) in [6, 6.07) is 6.77. The van der Waals surface area contributed by atoms with Crippen LogP contribution in [0, 0.1) is 21.4 Å². The van der Waals surface area contributed by atoms with Crippen molar-refractivity contribution in [2.75, 3.05) is 6.61 Å². The van der Waals surface area contributed by atoms with Crippen LogP contribution in [0.2, 0.25) is 0 Å². The molecule has 1 rings (SSSR count). The van der Waals surface area contributed by atoms with Crippen molar-refractivity contribution in [2.24, 2.45) is 0 Å². The Balaban J connectivity index is 2.90. The van der Waals surface area contributed by atoms with Crippen LogP contribution < -0.4 is 10.1 Å². The molecule has 0 aliphatic rings. The number of nitrogens with zero attached hydrogens (tertiary/aromatic N) is 2. The first-order chi connectivity index (χ1) is 8.54. The minimum atomic E-state index is -0.521. The average Bonchev–Trinajstić information content (AvgIpc) is 2.33. The fourth-order valence-corrected chi connectivity index (χ4v) is 1.37. The van der Waals surface area contributed by atoms with Gasteiger partial charge in [-0.15, -0.1) is 0 Å². The summed E-state index contributed by atoms with van der Waals surface area (Å²) in [5.74, 6) is 0.129. The number of nitrogens with one attached hydrogen (secondary N) is 1. The molecule has 0 aromatic heterocycles. The second kappa shape index (κ2) is 6.57. The summed E-state index contributed by atoms with van der Waals surface area (Å²) in [7, 11) is 0. The zero-order valence-electron chi connectivity index (χ0n) is 10.3. The van der Waals surface area contributed by atoms with E-state index in [0.717, 1.165) is 5.56 Å². The lowest BCUT2D eigenvalue weighted by Gasteiger charge is -2.09. The summed E-state index contributed by atoms with van der Waals surface area (Å²) in [6.07, 6.45) is 0. The minimum absolute atomic E-state index is 0.126. The standard InChI is InChI=1S/C12H15N3O3/c1-9(2)14-8-10-3-4-11(15(16)17)12(7-10)18-6-5-13/h3-4,7,9,14H,6,8H2,1-2H3. The van der Waals surface area contributed by atoms with E-state index in [-0.39, 0.29) is 18.0 Å². The predicted molar refractivity (Wildman–Crippen MR) is 66.2 cm³/mol. The summed E-state index contributed by atoms with van der Waals surface area (Å²) in [6.45, 7) is 4.41. The number of nitro groups is 1. The van der Waals surface area contributed by atoms with E-state index in [1.807, 2.05) is 13.8 Å². The first-order valence-electron chi connectivity index (χ1n) is 5.55. The highest BCUT2D eigenvalue weighted by molar-refractivity contribution is 5.48. The van der Waals surface area contributed by atoms with E-state index in [9.17, 15) is 10.1 Å². The van der Waals surface area contributed by atoms with Crippen LogP contribution in [0.5, 0.6) is 5.75 Å². The lowest BCUT2D eigenvalue weighted by molar-refractivity contribution is -0.385. The highest BCUT2D eigenvalue weighted by Crippen LogP contribution is 2.27. The molecule has 0 spiro atoms. The molecular weight excluding hydrogens is 234 g/mol. The zero-order chi connectivity index (χ0) is 13.5. The quantitative estimate of drug-likeness (QED) is 0.615. The average molecular weight is 249 g/mol. The maximum atomic E-state index is 10.8. The molecule has 18 heavy (non-hydrogen) atoms. The van der Waals surface area contributed by atoms with Gasteiger partial charge in [-0.05, 0) is 11.6 Å². The Morgan fingerprint density at radius 2 is 2.28 bits per heavy atom.